The van der Waals surface area contributed by atoms with Crippen molar-refractivity contribution in [3.63, 3.8) is 0 Å². The number of rotatable bonds is 4. The molecule has 3 saturated carbocycles. The Morgan fingerprint density at radius 3 is 2.06 bits per heavy atom. The molecule has 3 fully saturated rings. The Labute approximate surface area is 192 Å². The molecule has 4 unspecified atom stereocenters. The SMILES string of the molecule is CCC1CCC2CC(C3CCC(C(=O)Oc4ccc(C(F)(F)F)c(F)c4F)CC3)CCC2C1. The summed E-state index contributed by atoms with van der Waals surface area (Å²) >= 11 is 0. The molecule has 2 nitrogen and oxygen atoms in total. The van der Waals surface area contributed by atoms with Crippen LogP contribution in [0.2, 0.25) is 0 Å². The topological polar surface area (TPSA) is 26.3 Å². The minimum Gasteiger partial charge on any atom is -0.423 e. The summed E-state index contributed by atoms with van der Waals surface area (Å²) in [7, 11) is 0. The van der Waals surface area contributed by atoms with Gasteiger partial charge in [-0.15, -0.1) is 0 Å². The molecule has 4 rings (SSSR count). The molecular weight excluding hydrogens is 439 g/mol. The first-order valence-corrected chi connectivity index (χ1v) is 12.4. The number of hydrogen-bond donors (Lipinski definition) is 0. The van der Waals surface area contributed by atoms with Crippen molar-refractivity contribution in [3.8, 4) is 5.75 Å². The van der Waals surface area contributed by atoms with Crippen LogP contribution in [0.1, 0.15) is 83.1 Å². The van der Waals surface area contributed by atoms with Crippen LogP contribution in [0.5, 0.6) is 5.75 Å². The zero-order chi connectivity index (χ0) is 23.8. The van der Waals surface area contributed by atoms with E-state index in [1.165, 1.54) is 44.9 Å². The van der Waals surface area contributed by atoms with Gasteiger partial charge in [0.15, 0.2) is 11.6 Å². The van der Waals surface area contributed by atoms with Crippen LogP contribution in [-0.2, 0) is 11.0 Å². The van der Waals surface area contributed by atoms with Gasteiger partial charge in [0, 0.05) is 0 Å². The highest BCUT2D eigenvalue weighted by atomic mass is 19.4. The Morgan fingerprint density at radius 2 is 1.42 bits per heavy atom. The number of carbonyl (C=O) groups excluding carboxylic acids is 1. The molecule has 1 aromatic rings. The molecule has 3 aliphatic carbocycles. The minimum absolute atomic E-state index is 0.405. The molecule has 0 aromatic heterocycles. The molecular formula is C26H33F5O2. The Morgan fingerprint density at radius 1 is 0.848 bits per heavy atom. The van der Waals surface area contributed by atoms with Crippen LogP contribution in [0, 0.1) is 47.1 Å². The second-order valence-electron chi connectivity index (χ2n) is 10.5. The zero-order valence-corrected chi connectivity index (χ0v) is 19.1. The summed E-state index contributed by atoms with van der Waals surface area (Å²) in [5.41, 5.74) is -1.71. The van der Waals surface area contributed by atoms with Gasteiger partial charge in [-0.25, -0.2) is 4.39 Å². The molecule has 0 heterocycles. The maximum absolute atomic E-state index is 14.1. The molecule has 0 saturated heterocycles. The van der Waals surface area contributed by atoms with E-state index in [1.54, 1.807) is 0 Å². The number of esters is 1. The van der Waals surface area contributed by atoms with Crippen molar-refractivity contribution in [1.82, 2.24) is 0 Å². The van der Waals surface area contributed by atoms with E-state index in [9.17, 15) is 26.7 Å². The van der Waals surface area contributed by atoms with Crippen LogP contribution >= 0.6 is 0 Å². The number of hydrogen-bond acceptors (Lipinski definition) is 2. The van der Waals surface area contributed by atoms with Crippen molar-refractivity contribution >= 4 is 5.97 Å². The summed E-state index contributed by atoms with van der Waals surface area (Å²) in [5.74, 6) is -1.82. The summed E-state index contributed by atoms with van der Waals surface area (Å²) in [4.78, 5) is 12.5. The molecule has 1 aromatic carbocycles. The van der Waals surface area contributed by atoms with Gasteiger partial charge in [-0.2, -0.15) is 17.6 Å². The molecule has 33 heavy (non-hydrogen) atoms. The van der Waals surface area contributed by atoms with E-state index in [2.05, 4.69) is 6.92 Å². The van der Waals surface area contributed by atoms with Gasteiger partial charge in [-0.05, 0) is 99.5 Å². The van der Waals surface area contributed by atoms with Crippen LogP contribution in [0.25, 0.3) is 0 Å². The average molecular weight is 473 g/mol. The smallest absolute Gasteiger partial charge is 0.419 e. The highest BCUT2D eigenvalue weighted by Gasteiger charge is 2.40. The van der Waals surface area contributed by atoms with E-state index in [-0.39, 0.29) is 0 Å². The number of carbonyl (C=O) groups is 1. The third-order valence-corrected chi connectivity index (χ3v) is 8.67. The van der Waals surface area contributed by atoms with Gasteiger partial charge < -0.3 is 4.74 Å². The fraction of sp³-hybridized carbons (Fsp3) is 0.731. The first-order valence-electron chi connectivity index (χ1n) is 12.4. The van der Waals surface area contributed by atoms with E-state index in [4.69, 9.17) is 4.74 Å². The first-order chi connectivity index (χ1) is 15.7. The molecule has 0 spiro atoms. The maximum Gasteiger partial charge on any atom is 0.419 e. The fourth-order valence-electron chi connectivity index (χ4n) is 6.67. The standard InChI is InChI=1S/C26H33F5O2/c1-2-15-3-4-20-14-19(10-9-18(20)13-15)16-5-7-17(8-6-16)25(32)33-22-12-11-21(26(29,30)31)23(27)24(22)28/h11-12,15-20H,2-10,13-14H2,1H3. The lowest BCUT2D eigenvalue weighted by Gasteiger charge is -2.45. The minimum atomic E-state index is -5.01. The van der Waals surface area contributed by atoms with Gasteiger partial charge in [0.05, 0.1) is 11.5 Å². The average Bonchev–Trinajstić information content (AvgIpc) is 2.80. The lowest BCUT2D eigenvalue weighted by molar-refractivity contribution is -0.141. The predicted molar refractivity (Wildman–Crippen MR) is 114 cm³/mol. The molecule has 4 atom stereocenters. The quantitative estimate of drug-likeness (QED) is 0.253. The number of fused-ring (bicyclic) bond motifs is 1. The highest BCUT2D eigenvalue weighted by Crippen LogP contribution is 2.49. The molecule has 0 amide bonds. The summed E-state index contributed by atoms with van der Waals surface area (Å²) in [6.45, 7) is 2.29. The summed E-state index contributed by atoms with van der Waals surface area (Å²) in [5, 5.41) is 0. The van der Waals surface area contributed by atoms with Gasteiger partial charge in [-0.3, -0.25) is 4.79 Å². The van der Waals surface area contributed by atoms with Crippen molar-refractivity contribution in [3.05, 3.63) is 29.3 Å². The van der Waals surface area contributed by atoms with Crippen molar-refractivity contribution in [2.75, 3.05) is 0 Å². The van der Waals surface area contributed by atoms with Gasteiger partial charge in [0.25, 0.3) is 0 Å². The molecule has 0 radical (unpaired) electrons. The van der Waals surface area contributed by atoms with Crippen LogP contribution in [0.4, 0.5) is 22.0 Å². The number of ether oxygens (including phenoxy) is 1. The first kappa shape index (κ1) is 24.5. The van der Waals surface area contributed by atoms with E-state index < -0.39 is 41.0 Å². The van der Waals surface area contributed by atoms with Gasteiger partial charge in [0.2, 0.25) is 5.82 Å². The van der Waals surface area contributed by atoms with E-state index >= 15 is 0 Å². The van der Waals surface area contributed by atoms with E-state index in [0.717, 1.165) is 30.6 Å². The van der Waals surface area contributed by atoms with Crippen LogP contribution in [0.15, 0.2) is 12.1 Å². The number of halogens is 5. The largest absolute Gasteiger partial charge is 0.423 e. The number of alkyl halides is 3. The molecule has 0 bridgehead atoms. The molecule has 0 aliphatic heterocycles. The fourth-order valence-corrected chi connectivity index (χ4v) is 6.67. The van der Waals surface area contributed by atoms with E-state index in [0.29, 0.717) is 36.8 Å². The predicted octanol–water partition coefficient (Wildman–Crippen LogP) is 7.94. The second-order valence-corrected chi connectivity index (χ2v) is 10.5. The van der Waals surface area contributed by atoms with Crippen molar-refractivity contribution in [2.24, 2.45) is 35.5 Å². The molecule has 0 N–H and O–H groups in total. The monoisotopic (exact) mass is 472 g/mol. The normalized spacial score (nSPS) is 32.8. The van der Waals surface area contributed by atoms with E-state index in [1.807, 2.05) is 0 Å². The van der Waals surface area contributed by atoms with Crippen LogP contribution < -0.4 is 4.74 Å². The Hall–Kier alpha value is -1.66. The zero-order valence-electron chi connectivity index (χ0n) is 19.1. The maximum atomic E-state index is 14.1. The summed E-state index contributed by atoms with van der Waals surface area (Å²) in [6.07, 6.45) is 7.27. The Balaban J connectivity index is 1.29. The van der Waals surface area contributed by atoms with Crippen LogP contribution in [-0.4, -0.2) is 5.97 Å². The molecule has 3 aliphatic rings. The van der Waals surface area contributed by atoms with Crippen LogP contribution in [0.3, 0.4) is 0 Å². The van der Waals surface area contributed by atoms with Gasteiger partial charge in [-0.1, -0.05) is 19.8 Å². The summed E-state index contributed by atoms with van der Waals surface area (Å²) in [6, 6.07) is 1.08. The third-order valence-electron chi connectivity index (χ3n) is 8.67. The van der Waals surface area contributed by atoms with Gasteiger partial charge >= 0.3 is 12.1 Å². The summed E-state index contributed by atoms with van der Waals surface area (Å²) < 4.78 is 71.0. The van der Waals surface area contributed by atoms with Crippen molar-refractivity contribution in [1.29, 1.82) is 0 Å². The molecule has 7 heteroatoms. The van der Waals surface area contributed by atoms with Crippen molar-refractivity contribution < 1.29 is 31.5 Å². The lowest BCUT2D eigenvalue weighted by Crippen LogP contribution is -2.35. The van der Waals surface area contributed by atoms with Crippen molar-refractivity contribution in [2.45, 2.75) is 83.7 Å². The lowest BCUT2D eigenvalue weighted by atomic mass is 9.61. The van der Waals surface area contributed by atoms with Gasteiger partial charge in [0.1, 0.15) is 0 Å². The second kappa shape index (κ2) is 9.91. The number of benzene rings is 1. The Bertz CT molecular complexity index is 844. The third kappa shape index (κ3) is 5.37. The molecule has 184 valence electrons. The highest BCUT2D eigenvalue weighted by molar-refractivity contribution is 5.75. The Kier molecular flexibility index (Phi) is 7.35.